The predicted octanol–water partition coefficient (Wildman–Crippen LogP) is 4.02. The number of ether oxygens (including phenoxy) is 2. The summed E-state index contributed by atoms with van der Waals surface area (Å²) in [5.74, 6) is -0.447. The molecule has 6 heteroatoms. The molecule has 4 rings (SSSR count). The molecule has 2 aromatic carbocycles. The molecule has 1 N–H and O–H groups in total. The maximum atomic E-state index is 13.4. The third-order valence-electron chi connectivity index (χ3n) is 5.87. The molecular formula is C23H25NO5. The lowest BCUT2D eigenvalue weighted by atomic mass is 9.81. The third kappa shape index (κ3) is 3.55. The second-order valence-corrected chi connectivity index (χ2v) is 7.67. The summed E-state index contributed by atoms with van der Waals surface area (Å²) in [5, 5.41) is 8.85. The normalized spacial score (nSPS) is 16.7. The first-order valence-electron chi connectivity index (χ1n) is 10.1. The first-order chi connectivity index (χ1) is 14.0. The Morgan fingerprint density at radius 2 is 1.83 bits per heavy atom. The number of carboxylic acids is 1. The van der Waals surface area contributed by atoms with Crippen molar-refractivity contribution in [2.75, 3.05) is 24.7 Å². The van der Waals surface area contributed by atoms with Crippen LogP contribution in [0.15, 0.2) is 42.5 Å². The van der Waals surface area contributed by atoms with Crippen LogP contribution in [0, 0.1) is 0 Å². The molecule has 0 atom stereocenters. The van der Waals surface area contributed by atoms with E-state index in [0.717, 1.165) is 18.5 Å². The van der Waals surface area contributed by atoms with E-state index in [4.69, 9.17) is 14.6 Å². The number of carbonyl (C=O) groups excluding carboxylic acids is 1. The summed E-state index contributed by atoms with van der Waals surface area (Å²) in [6.07, 6.45) is 4.61. The Kier molecular flexibility index (Phi) is 5.18. The number of aliphatic carboxylic acids is 1. The number of carbonyl (C=O) groups is 2. The molecular weight excluding hydrogens is 370 g/mol. The molecule has 1 fully saturated rings. The Hall–Kier alpha value is -3.02. The van der Waals surface area contributed by atoms with Gasteiger partial charge in [0.25, 0.3) is 5.91 Å². The van der Waals surface area contributed by atoms with Gasteiger partial charge in [0.2, 0.25) is 0 Å². The first kappa shape index (κ1) is 19.3. The van der Waals surface area contributed by atoms with Crippen LogP contribution in [0.4, 0.5) is 5.69 Å². The standard InChI is InChI=1S/C23H25NO5/c1-2-28-20-13-16(9-10-19(20)29-14-21(25)26)22(27)24-15-23(11-5-6-12-23)17-7-3-4-8-18(17)24/h3-4,7-10,13H,2,5-6,11-12,14-15H2,1H3,(H,25,26). The monoisotopic (exact) mass is 395 g/mol. The summed E-state index contributed by atoms with van der Waals surface area (Å²) in [7, 11) is 0. The molecule has 1 saturated carbocycles. The number of fused-ring (bicyclic) bond motifs is 2. The summed E-state index contributed by atoms with van der Waals surface area (Å²) in [4.78, 5) is 26.1. The summed E-state index contributed by atoms with van der Waals surface area (Å²) >= 11 is 0. The van der Waals surface area contributed by atoms with Crippen LogP contribution in [0.5, 0.6) is 11.5 Å². The van der Waals surface area contributed by atoms with E-state index in [9.17, 15) is 9.59 Å². The van der Waals surface area contributed by atoms with Crippen molar-refractivity contribution in [3.8, 4) is 11.5 Å². The van der Waals surface area contributed by atoms with E-state index >= 15 is 0 Å². The van der Waals surface area contributed by atoms with E-state index in [1.54, 1.807) is 18.2 Å². The minimum atomic E-state index is -1.07. The zero-order valence-corrected chi connectivity index (χ0v) is 16.5. The highest BCUT2D eigenvalue weighted by Gasteiger charge is 2.46. The smallest absolute Gasteiger partial charge is 0.341 e. The lowest BCUT2D eigenvalue weighted by Gasteiger charge is -2.25. The van der Waals surface area contributed by atoms with Crippen molar-refractivity contribution >= 4 is 17.6 Å². The van der Waals surface area contributed by atoms with E-state index in [0.29, 0.717) is 30.2 Å². The van der Waals surface area contributed by atoms with Gasteiger partial charge in [-0.2, -0.15) is 0 Å². The number of carboxylic acid groups (broad SMARTS) is 1. The summed E-state index contributed by atoms with van der Waals surface area (Å²) in [6, 6.07) is 13.1. The topological polar surface area (TPSA) is 76.1 Å². The van der Waals surface area contributed by atoms with Crippen molar-refractivity contribution < 1.29 is 24.2 Å². The minimum absolute atomic E-state index is 0.0690. The Labute approximate surface area is 170 Å². The van der Waals surface area contributed by atoms with E-state index in [1.807, 2.05) is 24.0 Å². The van der Waals surface area contributed by atoms with Crippen molar-refractivity contribution in [2.45, 2.75) is 38.0 Å². The van der Waals surface area contributed by atoms with Gasteiger partial charge in [-0.05, 0) is 49.6 Å². The van der Waals surface area contributed by atoms with Crippen molar-refractivity contribution in [3.63, 3.8) is 0 Å². The summed E-state index contributed by atoms with van der Waals surface area (Å²) < 4.78 is 10.9. The fourth-order valence-corrected chi connectivity index (χ4v) is 4.61. The largest absolute Gasteiger partial charge is 0.490 e. The number of hydrogen-bond acceptors (Lipinski definition) is 4. The van der Waals surface area contributed by atoms with Gasteiger partial charge in [-0.1, -0.05) is 31.0 Å². The number of hydrogen-bond donors (Lipinski definition) is 1. The number of para-hydroxylation sites is 1. The highest BCUT2D eigenvalue weighted by atomic mass is 16.5. The van der Waals surface area contributed by atoms with Crippen molar-refractivity contribution in [1.29, 1.82) is 0 Å². The van der Waals surface area contributed by atoms with Gasteiger partial charge in [0.05, 0.1) is 6.61 Å². The van der Waals surface area contributed by atoms with Gasteiger partial charge in [-0.25, -0.2) is 4.79 Å². The average Bonchev–Trinajstić information content (AvgIpc) is 3.33. The maximum Gasteiger partial charge on any atom is 0.341 e. The molecule has 29 heavy (non-hydrogen) atoms. The molecule has 0 radical (unpaired) electrons. The molecule has 0 unspecified atom stereocenters. The molecule has 1 aliphatic heterocycles. The Morgan fingerprint density at radius 1 is 1.07 bits per heavy atom. The molecule has 1 amide bonds. The van der Waals surface area contributed by atoms with Crippen LogP contribution >= 0.6 is 0 Å². The second kappa shape index (κ2) is 7.78. The lowest BCUT2D eigenvalue weighted by Crippen LogP contribution is -2.35. The minimum Gasteiger partial charge on any atom is -0.490 e. The molecule has 1 heterocycles. The lowest BCUT2D eigenvalue weighted by molar-refractivity contribution is -0.139. The molecule has 6 nitrogen and oxygen atoms in total. The van der Waals surface area contributed by atoms with Gasteiger partial charge in [-0.3, -0.25) is 4.79 Å². The van der Waals surface area contributed by atoms with Crippen molar-refractivity contribution in [3.05, 3.63) is 53.6 Å². The molecule has 0 bridgehead atoms. The molecule has 152 valence electrons. The molecule has 2 aromatic rings. The van der Waals surface area contributed by atoms with Gasteiger partial charge < -0.3 is 19.5 Å². The van der Waals surface area contributed by atoms with E-state index in [1.165, 1.54) is 18.4 Å². The van der Waals surface area contributed by atoms with Gasteiger partial charge in [0.1, 0.15) is 0 Å². The van der Waals surface area contributed by atoms with Crippen LogP contribution in [0.3, 0.4) is 0 Å². The highest BCUT2D eigenvalue weighted by Crippen LogP contribution is 2.50. The van der Waals surface area contributed by atoms with Crippen LogP contribution in [0.2, 0.25) is 0 Å². The zero-order chi connectivity index (χ0) is 20.4. The molecule has 0 saturated heterocycles. The van der Waals surface area contributed by atoms with Gasteiger partial charge in [0, 0.05) is 23.2 Å². The van der Waals surface area contributed by atoms with Crippen LogP contribution in [-0.4, -0.2) is 36.7 Å². The Morgan fingerprint density at radius 3 is 2.55 bits per heavy atom. The number of rotatable bonds is 6. The molecule has 2 aliphatic rings. The average molecular weight is 395 g/mol. The third-order valence-corrected chi connectivity index (χ3v) is 5.87. The number of nitrogens with zero attached hydrogens (tertiary/aromatic N) is 1. The number of benzene rings is 2. The quantitative estimate of drug-likeness (QED) is 0.799. The summed E-state index contributed by atoms with van der Waals surface area (Å²) in [6.45, 7) is 2.45. The summed E-state index contributed by atoms with van der Waals surface area (Å²) in [5.41, 5.74) is 2.83. The van der Waals surface area contributed by atoms with Crippen molar-refractivity contribution in [2.24, 2.45) is 0 Å². The molecule has 1 aliphatic carbocycles. The zero-order valence-electron chi connectivity index (χ0n) is 16.5. The number of anilines is 1. The first-order valence-corrected chi connectivity index (χ1v) is 10.1. The van der Waals surface area contributed by atoms with Crippen molar-refractivity contribution in [1.82, 2.24) is 0 Å². The molecule has 1 spiro atoms. The van der Waals surface area contributed by atoms with Gasteiger partial charge >= 0.3 is 5.97 Å². The van der Waals surface area contributed by atoms with Gasteiger partial charge in [0.15, 0.2) is 18.1 Å². The van der Waals surface area contributed by atoms with E-state index in [2.05, 4.69) is 12.1 Å². The SMILES string of the molecule is CCOc1cc(C(=O)N2CC3(CCCC3)c3ccccc32)ccc1OCC(=O)O. The van der Waals surface area contributed by atoms with Gasteiger partial charge in [-0.15, -0.1) is 0 Å². The molecule has 0 aromatic heterocycles. The van der Waals surface area contributed by atoms with Crippen LogP contribution in [0.25, 0.3) is 0 Å². The van der Waals surface area contributed by atoms with Crippen LogP contribution in [0.1, 0.15) is 48.5 Å². The number of amides is 1. The maximum absolute atomic E-state index is 13.4. The Balaban J connectivity index is 1.64. The second-order valence-electron chi connectivity index (χ2n) is 7.67. The highest BCUT2D eigenvalue weighted by molar-refractivity contribution is 6.08. The fraction of sp³-hybridized carbons (Fsp3) is 0.391. The van der Waals surface area contributed by atoms with E-state index in [-0.39, 0.29) is 11.3 Å². The van der Waals surface area contributed by atoms with Crippen LogP contribution < -0.4 is 14.4 Å². The fourth-order valence-electron chi connectivity index (χ4n) is 4.61. The van der Waals surface area contributed by atoms with E-state index < -0.39 is 12.6 Å². The Bertz CT molecular complexity index is 933. The van der Waals surface area contributed by atoms with Crippen LogP contribution in [-0.2, 0) is 10.2 Å². The predicted molar refractivity (Wildman–Crippen MR) is 109 cm³/mol.